The van der Waals surface area contributed by atoms with Gasteiger partial charge in [0.15, 0.2) is 0 Å². The molecule has 2 heterocycles. The molecule has 1 saturated heterocycles. The second-order valence-electron chi connectivity index (χ2n) is 10.9. The highest BCUT2D eigenvalue weighted by Gasteiger charge is 2.38. The molecule has 4 aromatic rings. The van der Waals surface area contributed by atoms with Crippen LogP contribution in [-0.2, 0) is 34.0 Å². The van der Waals surface area contributed by atoms with Crippen LogP contribution in [0.25, 0.3) is 0 Å². The molecule has 1 N–H and O–H groups in total. The minimum atomic E-state index is -4.56. The summed E-state index contributed by atoms with van der Waals surface area (Å²) < 4.78 is 57.6. The predicted octanol–water partition coefficient (Wildman–Crippen LogP) is 6.34. The zero-order valence-corrected chi connectivity index (χ0v) is 25.4. The number of nitrogens with zero attached hydrogens (tertiary/aromatic N) is 2. The molecule has 1 aromatic heterocycles. The molecule has 0 atom stereocenters. The van der Waals surface area contributed by atoms with E-state index in [1.165, 1.54) is 6.07 Å². The molecule has 0 spiro atoms. The fraction of sp³-hybridized carbons (Fsp3) is 0.353. The second-order valence-corrected chi connectivity index (χ2v) is 11.3. The van der Waals surface area contributed by atoms with Crippen molar-refractivity contribution in [2.24, 2.45) is 0 Å². The number of alkyl halides is 3. The molecule has 0 bridgehead atoms. The summed E-state index contributed by atoms with van der Waals surface area (Å²) in [6, 6.07) is 25.2. The van der Waals surface area contributed by atoms with Crippen LogP contribution in [0.5, 0.6) is 5.88 Å². The molecule has 1 aliphatic heterocycles. The van der Waals surface area contributed by atoms with Gasteiger partial charge in [0, 0.05) is 31.1 Å². The van der Waals surface area contributed by atoms with Crippen LogP contribution in [0.2, 0.25) is 5.02 Å². The highest BCUT2D eigenvalue weighted by Crippen LogP contribution is 2.41. The number of hydrogen-bond donors (Lipinski definition) is 1. The van der Waals surface area contributed by atoms with Gasteiger partial charge < -0.3 is 24.2 Å². The number of halogens is 4. The summed E-state index contributed by atoms with van der Waals surface area (Å²) in [7, 11) is 0. The topological polar surface area (TPSA) is 76.8 Å². The van der Waals surface area contributed by atoms with E-state index in [1.807, 2.05) is 60.7 Å². The minimum absolute atomic E-state index is 0.0445. The van der Waals surface area contributed by atoms with Gasteiger partial charge in [0.25, 0.3) is 5.88 Å². The first-order chi connectivity index (χ1) is 21.8. The Labute approximate surface area is 265 Å². The molecule has 11 heteroatoms. The quantitative estimate of drug-likeness (QED) is 0.172. The fourth-order valence-corrected chi connectivity index (χ4v) is 5.91. The first kappa shape index (κ1) is 32.5. The van der Waals surface area contributed by atoms with Crippen molar-refractivity contribution in [3.63, 3.8) is 0 Å². The van der Waals surface area contributed by atoms with Gasteiger partial charge in [-0.3, -0.25) is 4.79 Å². The monoisotopic (exact) mass is 641 g/mol. The van der Waals surface area contributed by atoms with Gasteiger partial charge in [0.05, 0.1) is 36.8 Å². The van der Waals surface area contributed by atoms with Crippen LogP contribution in [0.3, 0.4) is 0 Å². The average Bonchev–Trinajstić information content (AvgIpc) is 3.50. The highest BCUT2D eigenvalue weighted by molar-refractivity contribution is 6.32. The van der Waals surface area contributed by atoms with Crippen molar-refractivity contribution in [3.05, 3.63) is 118 Å². The number of rotatable bonds is 13. The van der Waals surface area contributed by atoms with E-state index in [4.69, 9.17) is 25.6 Å². The van der Waals surface area contributed by atoms with E-state index in [-0.39, 0.29) is 23.8 Å². The number of morpholine rings is 1. The summed E-state index contributed by atoms with van der Waals surface area (Å²) in [5.74, 6) is 0.696. The summed E-state index contributed by atoms with van der Waals surface area (Å²) in [5.41, 5.74) is 0.762. The minimum Gasteiger partial charge on any atom is -0.475 e. The van der Waals surface area contributed by atoms with Crippen molar-refractivity contribution >= 4 is 17.5 Å². The molecule has 1 amide bonds. The van der Waals surface area contributed by atoms with Crippen LogP contribution >= 0.6 is 11.6 Å². The smallest absolute Gasteiger partial charge is 0.417 e. The first-order valence-corrected chi connectivity index (χ1v) is 15.2. The number of carbonyl (C=O) groups excluding carboxylic acids is 1. The Hall–Kier alpha value is -3.86. The van der Waals surface area contributed by atoms with Crippen molar-refractivity contribution in [1.29, 1.82) is 0 Å². The third-order valence-electron chi connectivity index (χ3n) is 7.93. The van der Waals surface area contributed by atoms with Crippen LogP contribution in [-0.4, -0.2) is 62.0 Å². The van der Waals surface area contributed by atoms with Crippen molar-refractivity contribution in [2.45, 2.75) is 30.9 Å². The van der Waals surface area contributed by atoms with Gasteiger partial charge in [0.1, 0.15) is 5.76 Å². The molecule has 0 unspecified atom stereocenters. The Morgan fingerprint density at radius 2 is 1.62 bits per heavy atom. The van der Waals surface area contributed by atoms with Gasteiger partial charge in [-0.1, -0.05) is 84.4 Å². The summed E-state index contributed by atoms with van der Waals surface area (Å²) >= 11 is 6.41. The van der Waals surface area contributed by atoms with Crippen molar-refractivity contribution < 1.29 is 32.0 Å². The first-order valence-electron chi connectivity index (χ1n) is 14.9. The normalized spacial score (nSPS) is 14.0. The molecule has 1 fully saturated rings. The van der Waals surface area contributed by atoms with E-state index in [9.17, 15) is 18.0 Å². The van der Waals surface area contributed by atoms with Crippen LogP contribution in [0.1, 0.15) is 34.4 Å². The molecular formula is C34H35ClF3N3O4. The summed E-state index contributed by atoms with van der Waals surface area (Å²) in [6.45, 7) is 3.53. The molecule has 1 aliphatic rings. The van der Waals surface area contributed by atoms with E-state index in [1.54, 1.807) is 17.0 Å². The van der Waals surface area contributed by atoms with Crippen LogP contribution in [0.15, 0.2) is 89.5 Å². The van der Waals surface area contributed by atoms with Gasteiger partial charge in [-0.15, -0.1) is 0 Å². The second kappa shape index (κ2) is 14.9. The fourth-order valence-electron chi connectivity index (χ4n) is 5.61. The molecule has 45 heavy (non-hydrogen) atoms. The molecular weight excluding hydrogens is 607 g/mol. The van der Waals surface area contributed by atoms with Gasteiger partial charge in [-0.25, -0.2) is 0 Å². The SMILES string of the molecule is O=C(Cc1cc(OCCCNCC(Cc2cccc(C(F)(F)F)c2Cl)(c2ccccc2)c2ccccc2)no1)N1CCOCC1. The Morgan fingerprint density at radius 1 is 0.956 bits per heavy atom. The third-order valence-corrected chi connectivity index (χ3v) is 8.38. The van der Waals surface area contributed by atoms with Crippen LogP contribution in [0, 0.1) is 0 Å². The highest BCUT2D eigenvalue weighted by atomic mass is 35.5. The van der Waals surface area contributed by atoms with E-state index >= 15 is 0 Å². The van der Waals surface area contributed by atoms with Crippen molar-refractivity contribution in [1.82, 2.24) is 15.4 Å². The lowest BCUT2D eigenvalue weighted by atomic mass is 9.70. The maximum absolute atomic E-state index is 13.7. The number of aromatic nitrogens is 1. The van der Waals surface area contributed by atoms with Crippen LogP contribution in [0.4, 0.5) is 13.2 Å². The molecule has 0 aliphatic carbocycles. The largest absolute Gasteiger partial charge is 0.475 e. The number of carbonyl (C=O) groups is 1. The van der Waals surface area contributed by atoms with Gasteiger partial charge in [0.2, 0.25) is 5.91 Å². The van der Waals surface area contributed by atoms with E-state index < -0.39 is 17.2 Å². The molecule has 0 radical (unpaired) electrons. The Kier molecular flexibility index (Phi) is 10.8. The van der Waals surface area contributed by atoms with Crippen molar-refractivity contribution in [2.75, 3.05) is 46.0 Å². The van der Waals surface area contributed by atoms with Crippen LogP contribution < -0.4 is 10.1 Å². The molecule has 7 nitrogen and oxygen atoms in total. The zero-order valence-electron chi connectivity index (χ0n) is 24.7. The van der Waals surface area contributed by atoms with Crippen molar-refractivity contribution in [3.8, 4) is 5.88 Å². The maximum atomic E-state index is 13.7. The number of nitrogens with one attached hydrogen (secondary N) is 1. The number of benzene rings is 3. The van der Waals surface area contributed by atoms with Gasteiger partial charge in [-0.2, -0.15) is 13.2 Å². The number of ether oxygens (including phenoxy) is 2. The predicted molar refractivity (Wildman–Crippen MR) is 164 cm³/mol. The molecule has 238 valence electrons. The molecule has 0 saturated carbocycles. The van der Waals surface area contributed by atoms with E-state index in [2.05, 4.69) is 10.5 Å². The lowest BCUT2D eigenvalue weighted by molar-refractivity contribution is -0.137. The molecule has 5 rings (SSSR count). The Morgan fingerprint density at radius 3 is 2.27 bits per heavy atom. The van der Waals surface area contributed by atoms with Gasteiger partial charge in [-0.05, 0) is 47.3 Å². The lowest BCUT2D eigenvalue weighted by Gasteiger charge is -2.36. The number of amides is 1. The lowest BCUT2D eigenvalue weighted by Crippen LogP contribution is -2.42. The van der Waals surface area contributed by atoms with Gasteiger partial charge >= 0.3 is 6.18 Å². The Balaban J connectivity index is 1.25. The zero-order chi connectivity index (χ0) is 31.7. The summed E-state index contributed by atoms with van der Waals surface area (Å²) in [6.07, 6.45) is -3.58. The molecule has 3 aromatic carbocycles. The standard InChI is InChI=1S/C34H35ClF3N3O4/c35-32-25(9-7-14-29(32)34(36,37)38)23-33(26-10-3-1-4-11-26,27-12-5-2-6-13-27)24-39-15-8-18-44-30-21-28(45-40-30)22-31(42)41-16-19-43-20-17-41/h1-7,9-14,21,39H,8,15-20,22-24H2. The summed E-state index contributed by atoms with van der Waals surface area (Å²) in [5, 5.41) is 7.15. The third kappa shape index (κ3) is 8.25. The van der Waals surface area contributed by atoms with E-state index in [0.717, 1.165) is 17.2 Å². The average molecular weight is 642 g/mol. The number of hydrogen-bond acceptors (Lipinski definition) is 6. The van der Waals surface area contributed by atoms with E-state index in [0.29, 0.717) is 69.6 Å². The Bertz CT molecular complexity index is 1490. The summed E-state index contributed by atoms with van der Waals surface area (Å²) in [4.78, 5) is 14.2. The maximum Gasteiger partial charge on any atom is 0.417 e.